The topological polar surface area (TPSA) is 114 Å². The third-order valence-corrected chi connectivity index (χ3v) is 2.20. The summed E-state index contributed by atoms with van der Waals surface area (Å²) in [6, 6.07) is -1.57. The van der Waals surface area contributed by atoms with Crippen molar-refractivity contribution in [3.05, 3.63) is 0 Å². The molecule has 0 fully saturated rings. The Morgan fingerprint density at radius 1 is 1.00 bits per heavy atom. The molecular formula is C11H19N3O5. The van der Waals surface area contributed by atoms with Gasteiger partial charge in [-0.3, -0.25) is 19.2 Å². The lowest BCUT2D eigenvalue weighted by atomic mass is 10.2. The number of rotatable bonds is 6. The minimum Gasteiger partial charge on any atom is -0.468 e. The monoisotopic (exact) mass is 273 g/mol. The van der Waals surface area contributed by atoms with Crippen LogP contribution in [0.3, 0.4) is 0 Å². The van der Waals surface area contributed by atoms with Crippen LogP contribution >= 0.6 is 0 Å². The number of hydrogen-bond donors (Lipinski definition) is 3. The molecular weight excluding hydrogens is 254 g/mol. The van der Waals surface area contributed by atoms with Gasteiger partial charge >= 0.3 is 5.97 Å². The van der Waals surface area contributed by atoms with Gasteiger partial charge in [-0.2, -0.15) is 0 Å². The first-order chi connectivity index (χ1) is 8.77. The molecule has 19 heavy (non-hydrogen) atoms. The standard InChI is InChI=1S/C11H19N3O5/c1-6(10(17)12-5-9(16)19-4)14-11(18)7(2)13-8(3)15/h6-7H,5H2,1-4H3,(H,12,17)(H,13,15)(H,14,18)/t6-,7+/m0/s1. The van der Waals surface area contributed by atoms with E-state index in [1.807, 2.05) is 0 Å². The van der Waals surface area contributed by atoms with Gasteiger partial charge in [0.25, 0.3) is 0 Å². The van der Waals surface area contributed by atoms with Gasteiger partial charge in [-0.25, -0.2) is 0 Å². The Morgan fingerprint density at radius 2 is 1.53 bits per heavy atom. The lowest BCUT2D eigenvalue weighted by molar-refractivity contribution is -0.141. The SMILES string of the molecule is COC(=O)CNC(=O)[C@H](C)NC(=O)[C@@H](C)NC(C)=O. The van der Waals surface area contributed by atoms with E-state index in [1.165, 1.54) is 27.9 Å². The van der Waals surface area contributed by atoms with Crippen molar-refractivity contribution in [2.75, 3.05) is 13.7 Å². The van der Waals surface area contributed by atoms with Gasteiger partial charge in [0.1, 0.15) is 18.6 Å². The second-order valence-electron chi connectivity index (χ2n) is 3.95. The molecule has 8 heteroatoms. The Kier molecular flexibility index (Phi) is 7.16. The van der Waals surface area contributed by atoms with E-state index in [1.54, 1.807) is 0 Å². The van der Waals surface area contributed by atoms with Crippen molar-refractivity contribution in [2.24, 2.45) is 0 Å². The third kappa shape index (κ3) is 7.02. The number of carbonyl (C=O) groups is 4. The van der Waals surface area contributed by atoms with E-state index in [2.05, 4.69) is 20.7 Å². The van der Waals surface area contributed by atoms with Crippen molar-refractivity contribution in [1.29, 1.82) is 0 Å². The molecule has 0 aliphatic carbocycles. The highest BCUT2D eigenvalue weighted by atomic mass is 16.5. The van der Waals surface area contributed by atoms with E-state index in [4.69, 9.17) is 0 Å². The van der Waals surface area contributed by atoms with Crippen LogP contribution in [-0.2, 0) is 23.9 Å². The van der Waals surface area contributed by atoms with Crippen molar-refractivity contribution in [3.63, 3.8) is 0 Å². The summed E-state index contributed by atoms with van der Waals surface area (Å²) in [4.78, 5) is 44.7. The number of carbonyl (C=O) groups excluding carboxylic acids is 4. The fourth-order valence-corrected chi connectivity index (χ4v) is 1.16. The first-order valence-electron chi connectivity index (χ1n) is 5.70. The molecule has 0 unspecified atom stereocenters. The molecule has 0 aromatic heterocycles. The fraction of sp³-hybridized carbons (Fsp3) is 0.636. The summed E-state index contributed by atoms with van der Waals surface area (Å²) in [5.41, 5.74) is 0. The number of nitrogens with one attached hydrogen (secondary N) is 3. The zero-order valence-electron chi connectivity index (χ0n) is 11.4. The number of methoxy groups -OCH3 is 1. The van der Waals surface area contributed by atoms with Crippen molar-refractivity contribution < 1.29 is 23.9 Å². The van der Waals surface area contributed by atoms with Gasteiger partial charge < -0.3 is 20.7 Å². The summed E-state index contributed by atoms with van der Waals surface area (Å²) >= 11 is 0. The average Bonchev–Trinajstić information content (AvgIpc) is 2.34. The number of ether oxygens (including phenoxy) is 1. The molecule has 3 amide bonds. The zero-order chi connectivity index (χ0) is 15.0. The minimum atomic E-state index is -0.826. The highest BCUT2D eigenvalue weighted by Gasteiger charge is 2.20. The molecule has 0 aliphatic heterocycles. The second kappa shape index (κ2) is 8.06. The Hall–Kier alpha value is -2.12. The Balaban J connectivity index is 4.17. The lowest BCUT2D eigenvalue weighted by Crippen LogP contribution is -2.51. The molecule has 0 bridgehead atoms. The van der Waals surface area contributed by atoms with Crippen molar-refractivity contribution >= 4 is 23.7 Å². The van der Waals surface area contributed by atoms with Gasteiger partial charge in [0, 0.05) is 6.92 Å². The maximum Gasteiger partial charge on any atom is 0.325 e. The molecule has 0 saturated heterocycles. The molecule has 0 aromatic carbocycles. The second-order valence-corrected chi connectivity index (χ2v) is 3.95. The normalized spacial score (nSPS) is 12.8. The number of hydrogen-bond acceptors (Lipinski definition) is 5. The van der Waals surface area contributed by atoms with Gasteiger partial charge in [-0.1, -0.05) is 0 Å². The quantitative estimate of drug-likeness (QED) is 0.499. The largest absolute Gasteiger partial charge is 0.468 e. The highest BCUT2D eigenvalue weighted by Crippen LogP contribution is 1.87. The predicted octanol–water partition coefficient (Wildman–Crippen LogP) is -1.70. The van der Waals surface area contributed by atoms with E-state index >= 15 is 0 Å². The van der Waals surface area contributed by atoms with Crippen molar-refractivity contribution in [1.82, 2.24) is 16.0 Å². The molecule has 0 aromatic rings. The van der Waals surface area contributed by atoms with Crippen LogP contribution < -0.4 is 16.0 Å². The predicted molar refractivity (Wildman–Crippen MR) is 65.9 cm³/mol. The molecule has 0 spiro atoms. The molecule has 0 radical (unpaired) electrons. The molecule has 2 atom stereocenters. The summed E-state index contributed by atoms with van der Waals surface area (Å²) in [5, 5.41) is 7.10. The summed E-state index contributed by atoms with van der Waals surface area (Å²) in [5.74, 6) is -1.94. The number of amides is 3. The highest BCUT2D eigenvalue weighted by molar-refractivity contribution is 5.92. The summed E-state index contributed by atoms with van der Waals surface area (Å²) < 4.78 is 4.35. The number of esters is 1. The average molecular weight is 273 g/mol. The minimum absolute atomic E-state index is 0.267. The van der Waals surface area contributed by atoms with Gasteiger partial charge in [0.05, 0.1) is 7.11 Å². The summed E-state index contributed by atoms with van der Waals surface area (Å²) in [6.45, 7) is 3.98. The fourth-order valence-electron chi connectivity index (χ4n) is 1.16. The molecule has 0 rings (SSSR count). The summed E-state index contributed by atoms with van der Waals surface area (Å²) in [6.07, 6.45) is 0. The van der Waals surface area contributed by atoms with Crippen molar-refractivity contribution in [2.45, 2.75) is 32.9 Å². The Bertz CT molecular complexity index is 369. The van der Waals surface area contributed by atoms with E-state index in [0.29, 0.717) is 0 Å². The van der Waals surface area contributed by atoms with E-state index in [-0.39, 0.29) is 12.5 Å². The van der Waals surface area contributed by atoms with Crippen LogP contribution in [0.1, 0.15) is 20.8 Å². The maximum absolute atomic E-state index is 11.6. The van der Waals surface area contributed by atoms with Crippen LogP contribution in [0.5, 0.6) is 0 Å². The van der Waals surface area contributed by atoms with Crippen LogP contribution in [0.25, 0.3) is 0 Å². The molecule has 8 nitrogen and oxygen atoms in total. The smallest absolute Gasteiger partial charge is 0.325 e. The zero-order valence-corrected chi connectivity index (χ0v) is 11.4. The van der Waals surface area contributed by atoms with E-state index in [9.17, 15) is 19.2 Å². The Labute approximate surface area is 111 Å². The Morgan fingerprint density at radius 3 is 2.00 bits per heavy atom. The van der Waals surface area contributed by atoms with Gasteiger partial charge in [-0.15, -0.1) is 0 Å². The molecule has 3 N–H and O–H groups in total. The molecule has 0 saturated carbocycles. The first kappa shape index (κ1) is 16.9. The summed E-state index contributed by atoms with van der Waals surface area (Å²) in [7, 11) is 1.20. The first-order valence-corrected chi connectivity index (χ1v) is 5.70. The van der Waals surface area contributed by atoms with Crippen LogP contribution in [0.15, 0.2) is 0 Å². The maximum atomic E-state index is 11.6. The van der Waals surface area contributed by atoms with Gasteiger partial charge in [-0.05, 0) is 13.8 Å². The van der Waals surface area contributed by atoms with Gasteiger partial charge in [0.2, 0.25) is 17.7 Å². The molecule has 0 heterocycles. The van der Waals surface area contributed by atoms with Gasteiger partial charge in [0.15, 0.2) is 0 Å². The molecule has 108 valence electrons. The van der Waals surface area contributed by atoms with E-state index in [0.717, 1.165) is 0 Å². The van der Waals surface area contributed by atoms with Crippen LogP contribution in [0, 0.1) is 0 Å². The van der Waals surface area contributed by atoms with Crippen LogP contribution in [-0.4, -0.2) is 49.4 Å². The lowest BCUT2D eigenvalue weighted by Gasteiger charge is -2.17. The van der Waals surface area contributed by atoms with Crippen LogP contribution in [0.4, 0.5) is 0 Å². The molecule has 0 aliphatic rings. The van der Waals surface area contributed by atoms with E-state index < -0.39 is 29.9 Å². The van der Waals surface area contributed by atoms with Crippen molar-refractivity contribution in [3.8, 4) is 0 Å². The van der Waals surface area contributed by atoms with Crippen LogP contribution in [0.2, 0.25) is 0 Å². The third-order valence-electron chi connectivity index (χ3n) is 2.20.